The fourth-order valence-electron chi connectivity index (χ4n) is 2.73. The predicted octanol–water partition coefficient (Wildman–Crippen LogP) is -0.348. The number of hydrogen-bond acceptors (Lipinski definition) is 6. The van der Waals surface area contributed by atoms with Gasteiger partial charge >= 0.3 is 0 Å². The fourth-order valence-corrected chi connectivity index (χ4v) is 4.29. The van der Waals surface area contributed by atoms with E-state index in [4.69, 9.17) is 10.00 Å². The van der Waals surface area contributed by atoms with Crippen LogP contribution in [0.15, 0.2) is 18.3 Å². The lowest BCUT2D eigenvalue weighted by atomic mass is 10.3. The lowest BCUT2D eigenvalue weighted by molar-refractivity contribution is 0.0700. The van der Waals surface area contributed by atoms with E-state index in [1.165, 1.54) is 14.8 Å². The van der Waals surface area contributed by atoms with Gasteiger partial charge in [-0.15, -0.1) is 0 Å². The van der Waals surface area contributed by atoms with Crippen molar-refractivity contribution >= 4 is 16.0 Å². The van der Waals surface area contributed by atoms with Gasteiger partial charge in [-0.05, 0) is 12.1 Å². The van der Waals surface area contributed by atoms with Crippen LogP contribution in [-0.4, -0.2) is 74.5 Å². The van der Waals surface area contributed by atoms with Gasteiger partial charge in [-0.1, -0.05) is 0 Å². The van der Waals surface area contributed by atoms with E-state index in [0.717, 1.165) is 5.82 Å². The second-order valence-electron chi connectivity index (χ2n) is 5.42. The molecular weight excluding hydrogens is 318 g/mol. The van der Waals surface area contributed by atoms with Crippen molar-refractivity contribution in [1.82, 2.24) is 13.6 Å². The molecule has 0 N–H and O–H groups in total. The highest BCUT2D eigenvalue weighted by Crippen LogP contribution is 2.18. The number of ether oxygens (including phenoxy) is 1. The minimum atomic E-state index is -3.40. The highest BCUT2D eigenvalue weighted by Gasteiger charge is 2.33. The van der Waals surface area contributed by atoms with E-state index in [1.54, 1.807) is 12.1 Å². The zero-order chi connectivity index (χ0) is 16.3. The van der Waals surface area contributed by atoms with Crippen molar-refractivity contribution in [3.63, 3.8) is 0 Å². The van der Waals surface area contributed by atoms with E-state index < -0.39 is 10.2 Å². The van der Waals surface area contributed by atoms with E-state index in [0.29, 0.717) is 58.0 Å². The van der Waals surface area contributed by atoms with Gasteiger partial charge < -0.3 is 9.64 Å². The topological polar surface area (TPSA) is 89.8 Å². The molecule has 2 aliphatic rings. The number of anilines is 1. The summed E-state index contributed by atoms with van der Waals surface area (Å²) in [4.78, 5) is 6.29. The number of morpholine rings is 1. The molecule has 1 aromatic rings. The Morgan fingerprint density at radius 3 is 2.26 bits per heavy atom. The molecule has 1 aromatic heterocycles. The van der Waals surface area contributed by atoms with Gasteiger partial charge in [0.2, 0.25) is 0 Å². The third kappa shape index (κ3) is 3.45. The summed E-state index contributed by atoms with van der Waals surface area (Å²) in [5.41, 5.74) is 0.516. The molecule has 8 nitrogen and oxygen atoms in total. The number of nitriles is 1. The smallest absolute Gasteiger partial charge is 0.282 e. The normalized spacial score (nSPS) is 21.1. The van der Waals surface area contributed by atoms with Gasteiger partial charge in [0.15, 0.2) is 0 Å². The first-order valence-corrected chi connectivity index (χ1v) is 8.95. The van der Waals surface area contributed by atoms with E-state index in [9.17, 15) is 8.42 Å². The highest BCUT2D eigenvalue weighted by atomic mass is 32.2. The van der Waals surface area contributed by atoms with Gasteiger partial charge in [-0.3, -0.25) is 0 Å². The summed E-state index contributed by atoms with van der Waals surface area (Å²) in [6.45, 7) is 3.77. The number of aromatic nitrogens is 1. The van der Waals surface area contributed by atoms with Crippen molar-refractivity contribution < 1.29 is 13.2 Å². The third-order valence-electron chi connectivity index (χ3n) is 4.06. The maximum Gasteiger partial charge on any atom is 0.282 e. The third-order valence-corrected chi connectivity index (χ3v) is 6.10. The molecule has 0 bridgehead atoms. The average Bonchev–Trinajstić information content (AvgIpc) is 2.63. The van der Waals surface area contributed by atoms with Crippen LogP contribution < -0.4 is 4.90 Å². The van der Waals surface area contributed by atoms with E-state index in [1.807, 2.05) is 11.0 Å². The number of rotatable bonds is 3. The van der Waals surface area contributed by atoms with Gasteiger partial charge in [-0.25, -0.2) is 4.98 Å². The number of nitrogens with zero attached hydrogens (tertiary/aromatic N) is 5. The molecule has 0 radical (unpaired) electrons. The number of pyridine rings is 1. The molecule has 0 atom stereocenters. The zero-order valence-corrected chi connectivity index (χ0v) is 13.6. The molecule has 0 amide bonds. The second-order valence-corrected chi connectivity index (χ2v) is 7.35. The second kappa shape index (κ2) is 6.80. The Morgan fingerprint density at radius 2 is 1.70 bits per heavy atom. The Bertz CT molecular complexity index is 671. The van der Waals surface area contributed by atoms with Crippen molar-refractivity contribution in [1.29, 1.82) is 5.26 Å². The largest absolute Gasteiger partial charge is 0.379 e. The van der Waals surface area contributed by atoms with Crippen LogP contribution in [-0.2, 0) is 14.9 Å². The first-order chi connectivity index (χ1) is 11.1. The summed E-state index contributed by atoms with van der Waals surface area (Å²) in [7, 11) is -3.40. The van der Waals surface area contributed by atoms with Crippen molar-refractivity contribution in [3.05, 3.63) is 23.9 Å². The molecule has 2 saturated heterocycles. The maximum atomic E-state index is 12.6. The van der Waals surface area contributed by atoms with Crippen LogP contribution in [0.5, 0.6) is 0 Å². The van der Waals surface area contributed by atoms with Crippen LogP contribution in [0.2, 0.25) is 0 Å². The predicted molar refractivity (Wildman–Crippen MR) is 84.0 cm³/mol. The molecule has 0 unspecified atom stereocenters. The SMILES string of the molecule is N#Cc1ccc(N2CCN(S(=O)(=O)N3CCOCC3)CC2)nc1. The van der Waals surface area contributed by atoms with Crippen molar-refractivity contribution in [2.24, 2.45) is 0 Å². The fraction of sp³-hybridized carbons (Fsp3) is 0.571. The Balaban J connectivity index is 1.62. The molecule has 2 fully saturated rings. The molecule has 0 aromatic carbocycles. The lowest BCUT2D eigenvalue weighted by Crippen LogP contribution is -2.55. The molecule has 23 heavy (non-hydrogen) atoms. The molecule has 9 heteroatoms. The molecule has 0 aliphatic carbocycles. The van der Waals surface area contributed by atoms with Crippen molar-refractivity contribution in [2.45, 2.75) is 0 Å². The van der Waals surface area contributed by atoms with Crippen LogP contribution in [0.25, 0.3) is 0 Å². The summed E-state index contributed by atoms with van der Waals surface area (Å²) in [5.74, 6) is 0.771. The molecule has 124 valence electrons. The van der Waals surface area contributed by atoms with E-state index in [-0.39, 0.29) is 0 Å². The van der Waals surface area contributed by atoms with Gasteiger partial charge in [-0.2, -0.15) is 22.3 Å². The Morgan fingerprint density at radius 1 is 1.04 bits per heavy atom. The Kier molecular flexibility index (Phi) is 4.77. The first-order valence-electron chi connectivity index (χ1n) is 7.55. The summed E-state index contributed by atoms with van der Waals surface area (Å²) in [6.07, 6.45) is 1.53. The lowest BCUT2D eigenvalue weighted by Gasteiger charge is -2.38. The molecule has 0 saturated carbocycles. The number of hydrogen-bond donors (Lipinski definition) is 0. The molecular formula is C14H19N5O3S. The monoisotopic (exact) mass is 337 g/mol. The molecule has 2 aliphatic heterocycles. The Hall–Kier alpha value is -1.73. The van der Waals surface area contributed by atoms with Crippen molar-refractivity contribution in [2.75, 3.05) is 57.4 Å². The van der Waals surface area contributed by atoms with E-state index >= 15 is 0 Å². The standard InChI is InChI=1S/C14H19N5O3S/c15-11-13-1-2-14(16-12-13)17-3-5-18(6-4-17)23(20,21)19-7-9-22-10-8-19/h1-2,12H,3-10H2. The molecule has 0 spiro atoms. The molecule has 3 heterocycles. The van der Waals surface area contributed by atoms with Gasteiger partial charge in [0, 0.05) is 45.5 Å². The maximum absolute atomic E-state index is 12.6. The first kappa shape index (κ1) is 16.1. The van der Waals surface area contributed by atoms with Crippen LogP contribution in [0.3, 0.4) is 0 Å². The van der Waals surface area contributed by atoms with Crippen LogP contribution in [0.4, 0.5) is 5.82 Å². The van der Waals surface area contributed by atoms with Crippen LogP contribution in [0, 0.1) is 11.3 Å². The highest BCUT2D eigenvalue weighted by molar-refractivity contribution is 7.86. The number of piperazine rings is 1. The summed E-state index contributed by atoms with van der Waals surface area (Å²) < 4.78 is 33.4. The minimum Gasteiger partial charge on any atom is -0.379 e. The van der Waals surface area contributed by atoms with Gasteiger partial charge in [0.25, 0.3) is 10.2 Å². The summed E-state index contributed by atoms with van der Waals surface area (Å²) in [5, 5.41) is 8.80. The van der Waals surface area contributed by atoms with Crippen LogP contribution >= 0.6 is 0 Å². The van der Waals surface area contributed by atoms with Crippen LogP contribution in [0.1, 0.15) is 5.56 Å². The summed E-state index contributed by atoms with van der Waals surface area (Å²) >= 11 is 0. The van der Waals surface area contributed by atoms with Crippen molar-refractivity contribution in [3.8, 4) is 6.07 Å². The van der Waals surface area contributed by atoms with Gasteiger partial charge in [0.05, 0.1) is 18.8 Å². The Labute approximate surface area is 136 Å². The van der Waals surface area contributed by atoms with Gasteiger partial charge in [0.1, 0.15) is 11.9 Å². The quantitative estimate of drug-likeness (QED) is 0.749. The minimum absolute atomic E-state index is 0.416. The van der Waals surface area contributed by atoms with E-state index in [2.05, 4.69) is 4.98 Å². The average molecular weight is 337 g/mol. The molecule has 3 rings (SSSR count). The zero-order valence-electron chi connectivity index (χ0n) is 12.8. The summed E-state index contributed by atoms with van der Waals surface area (Å²) in [6, 6.07) is 5.55.